The van der Waals surface area contributed by atoms with Gasteiger partial charge in [0.05, 0.1) is 10.6 Å². The molecule has 7 nitrogen and oxygen atoms in total. The Hall–Kier alpha value is -3.00. The minimum Gasteiger partial charge on any atom is -0.322 e. The Balaban J connectivity index is 1.44. The molecule has 0 unspecified atom stereocenters. The molecule has 1 aliphatic carbocycles. The van der Waals surface area contributed by atoms with Crippen LogP contribution in [0.1, 0.15) is 41.9 Å². The van der Waals surface area contributed by atoms with Crippen molar-refractivity contribution >= 4 is 21.4 Å². The summed E-state index contributed by atoms with van der Waals surface area (Å²) < 4.78 is 23.7. The molecule has 1 amide bonds. The van der Waals surface area contributed by atoms with Gasteiger partial charge in [-0.2, -0.15) is 5.10 Å². The van der Waals surface area contributed by atoms with Gasteiger partial charge >= 0.3 is 0 Å². The van der Waals surface area contributed by atoms with E-state index in [-0.39, 0.29) is 16.6 Å². The lowest BCUT2D eigenvalue weighted by atomic mass is 10.1. The number of rotatable bonds is 6. The molecule has 1 fully saturated rings. The highest BCUT2D eigenvalue weighted by Crippen LogP contribution is 2.38. The van der Waals surface area contributed by atoms with Crippen LogP contribution in [-0.4, -0.2) is 35.3 Å². The Bertz CT molecular complexity index is 1100. The Morgan fingerprint density at radius 1 is 1.11 bits per heavy atom. The number of amides is 1. The summed E-state index contributed by atoms with van der Waals surface area (Å²) in [4.78, 5) is 17.1. The van der Waals surface area contributed by atoms with Gasteiger partial charge in [-0.3, -0.25) is 9.89 Å². The van der Waals surface area contributed by atoms with Crippen LogP contribution in [0.2, 0.25) is 0 Å². The summed E-state index contributed by atoms with van der Waals surface area (Å²) in [6.45, 7) is 1.59. The molecule has 1 saturated carbocycles. The van der Waals surface area contributed by atoms with Crippen molar-refractivity contribution < 1.29 is 13.2 Å². The van der Waals surface area contributed by atoms with E-state index in [1.165, 1.54) is 24.3 Å². The first-order valence-corrected chi connectivity index (χ1v) is 10.8. The van der Waals surface area contributed by atoms with Crippen LogP contribution in [0.15, 0.2) is 53.4 Å². The Labute approximate surface area is 163 Å². The van der Waals surface area contributed by atoms with Crippen molar-refractivity contribution in [3.05, 3.63) is 59.9 Å². The number of nitrogens with zero attached hydrogens (tertiary/aromatic N) is 2. The first-order chi connectivity index (χ1) is 13.5. The molecule has 0 spiro atoms. The van der Waals surface area contributed by atoms with E-state index in [0.717, 1.165) is 24.2 Å². The van der Waals surface area contributed by atoms with Crippen LogP contribution in [0.25, 0.3) is 11.4 Å². The zero-order valence-electron chi connectivity index (χ0n) is 15.3. The van der Waals surface area contributed by atoms with Gasteiger partial charge in [-0.1, -0.05) is 6.92 Å². The molecule has 2 N–H and O–H groups in total. The van der Waals surface area contributed by atoms with Crippen LogP contribution >= 0.6 is 0 Å². The smallest absolute Gasteiger partial charge is 0.255 e. The molecule has 1 aliphatic rings. The Morgan fingerprint density at radius 3 is 2.39 bits per heavy atom. The van der Waals surface area contributed by atoms with Crippen LogP contribution in [0, 0.1) is 0 Å². The van der Waals surface area contributed by atoms with Gasteiger partial charge in [0.2, 0.25) is 0 Å². The molecule has 0 radical (unpaired) electrons. The molecule has 0 bridgehead atoms. The summed E-state index contributed by atoms with van der Waals surface area (Å²) in [5, 5.41) is 10.0. The molecule has 144 valence electrons. The maximum absolute atomic E-state index is 12.4. The van der Waals surface area contributed by atoms with Gasteiger partial charge in [0, 0.05) is 22.7 Å². The summed E-state index contributed by atoms with van der Waals surface area (Å²) in [5.41, 5.74) is 1.90. The van der Waals surface area contributed by atoms with Gasteiger partial charge in [-0.15, -0.1) is 0 Å². The fourth-order valence-electron chi connectivity index (χ4n) is 2.83. The lowest BCUT2D eigenvalue weighted by Gasteiger charge is -2.07. The molecule has 4 rings (SSSR count). The lowest BCUT2D eigenvalue weighted by molar-refractivity contribution is 0.102. The van der Waals surface area contributed by atoms with E-state index >= 15 is 0 Å². The van der Waals surface area contributed by atoms with Crippen molar-refractivity contribution in [3.63, 3.8) is 0 Å². The molecule has 2 aromatic carbocycles. The van der Waals surface area contributed by atoms with E-state index < -0.39 is 9.84 Å². The molecule has 3 aromatic rings. The molecule has 0 saturated heterocycles. The number of anilines is 1. The lowest BCUT2D eigenvalue weighted by Crippen LogP contribution is -2.12. The summed E-state index contributed by atoms with van der Waals surface area (Å²) in [5.74, 6) is 1.81. The van der Waals surface area contributed by atoms with E-state index in [1.54, 1.807) is 19.1 Å². The number of carbonyl (C=O) groups excluding carboxylic acids is 1. The molecule has 1 heterocycles. The number of H-pyrrole nitrogens is 1. The number of nitrogens with one attached hydrogen (secondary N) is 2. The van der Waals surface area contributed by atoms with Gasteiger partial charge in [0.15, 0.2) is 15.7 Å². The third-order valence-electron chi connectivity index (χ3n) is 4.72. The minimum absolute atomic E-state index is 0.0257. The number of aromatic amines is 1. The van der Waals surface area contributed by atoms with Crippen molar-refractivity contribution in [3.8, 4) is 11.4 Å². The summed E-state index contributed by atoms with van der Waals surface area (Å²) in [7, 11) is -3.28. The zero-order valence-corrected chi connectivity index (χ0v) is 16.2. The van der Waals surface area contributed by atoms with E-state index in [4.69, 9.17) is 0 Å². The van der Waals surface area contributed by atoms with Gasteiger partial charge in [-0.25, -0.2) is 13.4 Å². The fourth-order valence-corrected chi connectivity index (χ4v) is 3.71. The monoisotopic (exact) mass is 396 g/mol. The molecular weight excluding hydrogens is 376 g/mol. The molecule has 1 aromatic heterocycles. The summed E-state index contributed by atoms with van der Waals surface area (Å²) in [6, 6.07) is 13.2. The van der Waals surface area contributed by atoms with Gasteiger partial charge in [0.25, 0.3) is 5.91 Å². The number of hydrogen-bond acceptors (Lipinski definition) is 5. The summed E-state index contributed by atoms with van der Waals surface area (Å²) in [6.07, 6.45) is 2.32. The second-order valence-electron chi connectivity index (χ2n) is 6.78. The Morgan fingerprint density at radius 2 is 1.79 bits per heavy atom. The topological polar surface area (TPSA) is 105 Å². The van der Waals surface area contributed by atoms with Crippen LogP contribution in [0.5, 0.6) is 0 Å². The van der Waals surface area contributed by atoms with Crippen molar-refractivity contribution in [1.82, 2.24) is 15.2 Å². The Kier molecular flexibility index (Phi) is 4.72. The average Bonchev–Trinajstić information content (AvgIpc) is 3.45. The molecule has 0 aliphatic heterocycles. The highest BCUT2D eigenvalue weighted by atomic mass is 32.2. The third-order valence-corrected chi connectivity index (χ3v) is 6.47. The van der Waals surface area contributed by atoms with Gasteiger partial charge < -0.3 is 5.32 Å². The second-order valence-corrected chi connectivity index (χ2v) is 9.06. The van der Waals surface area contributed by atoms with E-state index in [9.17, 15) is 13.2 Å². The normalized spacial score (nSPS) is 14.0. The molecular formula is C20H20N4O3S. The minimum atomic E-state index is -3.28. The number of sulfone groups is 1. The molecule has 8 heteroatoms. The van der Waals surface area contributed by atoms with Crippen molar-refractivity contribution in [2.24, 2.45) is 0 Å². The predicted molar refractivity (Wildman–Crippen MR) is 106 cm³/mol. The third kappa shape index (κ3) is 3.82. The first kappa shape index (κ1) is 18.4. The van der Waals surface area contributed by atoms with Crippen molar-refractivity contribution in [1.29, 1.82) is 0 Å². The van der Waals surface area contributed by atoms with E-state index in [0.29, 0.717) is 23.0 Å². The van der Waals surface area contributed by atoms with Gasteiger partial charge in [-0.05, 0) is 61.4 Å². The van der Waals surface area contributed by atoms with Crippen LogP contribution < -0.4 is 5.32 Å². The quantitative estimate of drug-likeness (QED) is 0.664. The SMILES string of the molecule is CCS(=O)(=O)c1ccc(C(=O)Nc2ccc(-c3n[nH]c(C4CC4)n3)cc2)cc1. The van der Waals surface area contributed by atoms with Crippen molar-refractivity contribution in [2.45, 2.75) is 30.6 Å². The standard InChI is InChI=1S/C20H20N4O3S/c1-2-28(26,27)17-11-7-15(8-12-17)20(25)21-16-9-5-14(6-10-16)19-22-18(23-24-19)13-3-4-13/h5-13H,2-4H2,1H3,(H,21,25)(H,22,23,24). The predicted octanol–water partition coefficient (Wildman–Crippen LogP) is 3.40. The van der Waals surface area contributed by atoms with Crippen LogP contribution in [-0.2, 0) is 9.84 Å². The molecule has 28 heavy (non-hydrogen) atoms. The summed E-state index contributed by atoms with van der Waals surface area (Å²) >= 11 is 0. The number of benzene rings is 2. The average molecular weight is 396 g/mol. The maximum atomic E-state index is 12.4. The highest BCUT2D eigenvalue weighted by Gasteiger charge is 2.27. The van der Waals surface area contributed by atoms with E-state index in [2.05, 4.69) is 20.5 Å². The number of hydrogen-bond donors (Lipinski definition) is 2. The largest absolute Gasteiger partial charge is 0.322 e. The van der Waals surface area contributed by atoms with Crippen molar-refractivity contribution in [2.75, 3.05) is 11.1 Å². The zero-order chi connectivity index (χ0) is 19.7. The van der Waals surface area contributed by atoms with Crippen LogP contribution in [0.4, 0.5) is 5.69 Å². The first-order valence-electron chi connectivity index (χ1n) is 9.13. The number of carbonyl (C=O) groups is 1. The van der Waals surface area contributed by atoms with Crippen LogP contribution in [0.3, 0.4) is 0 Å². The molecule has 0 atom stereocenters. The fraction of sp³-hybridized carbons (Fsp3) is 0.250. The van der Waals surface area contributed by atoms with E-state index in [1.807, 2.05) is 12.1 Å². The highest BCUT2D eigenvalue weighted by molar-refractivity contribution is 7.91. The second kappa shape index (κ2) is 7.20. The van der Waals surface area contributed by atoms with Gasteiger partial charge in [0.1, 0.15) is 5.82 Å². The maximum Gasteiger partial charge on any atom is 0.255 e. The number of aromatic nitrogens is 3.